The minimum Gasteiger partial charge on any atom is -0.457 e. The van der Waals surface area contributed by atoms with Gasteiger partial charge in [0.15, 0.2) is 0 Å². The number of nitrogens with zero attached hydrogens (tertiary/aromatic N) is 4. The summed E-state index contributed by atoms with van der Waals surface area (Å²) in [6.45, 7) is 21.3. The Morgan fingerprint density at radius 3 is 2.04 bits per heavy atom. The van der Waals surface area contributed by atoms with Gasteiger partial charge < -0.3 is 14.5 Å². The number of ether oxygens (including phenoxy) is 1. The monoisotopic (exact) mass is 662 g/mol. The van der Waals surface area contributed by atoms with Gasteiger partial charge in [0.2, 0.25) is 0 Å². The van der Waals surface area contributed by atoms with Gasteiger partial charge in [0, 0.05) is 52.7 Å². The largest absolute Gasteiger partial charge is 0.457 e. The fourth-order valence-corrected chi connectivity index (χ4v) is 7.13. The van der Waals surface area contributed by atoms with Crippen molar-refractivity contribution in [3.63, 3.8) is 0 Å². The van der Waals surface area contributed by atoms with Crippen molar-refractivity contribution in [1.29, 1.82) is 0 Å². The summed E-state index contributed by atoms with van der Waals surface area (Å²) in [6.07, 6.45) is 6.27. The van der Waals surface area contributed by atoms with Crippen molar-refractivity contribution in [3.05, 3.63) is 126 Å². The highest BCUT2D eigenvalue weighted by molar-refractivity contribution is 6.09. The lowest BCUT2D eigenvalue weighted by Crippen LogP contribution is -2.39. The van der Waals surface area contributed by atoms with Gasteiger partial charge in [-0.1, -0.05) is 77.9 Å². The van der Waals surface area contributed by atoms with Crippen LogP contribution in [0, 0.1) is 0 Å². The molecular weight excluding hydrogens is 613 g/mol. The van der Waals surface area contributed by atoms with Crippen LogP contribution in [0.15, 0.2) is 110 Å². The van der Waals surface area contributed by atoms with E-state index in [1.165, 1.54) is 38.6 Å². The summed E-state index contributed by atoms with van der Waals surface area (Å²) in [6, 6.07) is 32.7. The molecule has 4 aromatic carbocycles. The van der Waals surface area contributed by atoms with E-state index >= 15 is 0 Å². The lowest BCUT2D eigenvalue weighted by Gasteiger charge is -2.33. The topological polar surface area (TPSA) is 33.5 Å². The van der Waals surface area contributed by atoms with Crippen molar-refractivity contribution < 1.29 is 4.74 Å². The van der Waals surface area contributed by atoms with Gasteiger partial charge >= 0.3 is 0 Å². The Labute approximate surface area is 297 Å². The molecule has 1 aliphatic heterocycles. The lowest BCUT2D eigenvalue weighted by molar-refractivity contribution is 0.223. The Morgan fingerprint density at radius 1 is 0.660 bits per heavy atom. The number of pyridine rings is 1. The second kappa shape index (κ2) is 13.0. The second-order valence-corrected chi connectivity index (χ2v) is 15.6. The van der Waals surface area contributed by atoms with E-state index in [1.54, 1.807) is 0 Å². The molecule has 0 unspecified atom stereocenters. The summed E-state index contributed by atoms with van der Waals surface area (Å²) < 4.78 is 8.87. The molecule has 5 nitrogen and oxygen atoms in total. The second-order valence-electron chi connectivity index (χ2n) is 15.6. The van der Waals surface area contributed by atoms with Gasteiger partial charge in [-0.15, -0.1) is 0 Å². The zero-order valence-electron chi connectivity index (χ0n) is 31.0. The van der Waals surface area contributed by atoms with Gasteiger partial charge in [-0.2, -0.15) is 0 Å². The highest BCUT2D eigenvalue weighted by atomic mass is 16.5. The zero-order valence-corrected chi connectivity index (χ0v) is 31.0. The third-order valence-corrected chi connectivity index (χ3v) is 10.0. The quantitative estimate of drug-likeness (QED) is 0.162. The van der Waals surface area contributed by atoms with Crippen LogP contribution in [0.4, 0.5) is 5.69 Å². The molecule has 7 rings (SSSR count). The predicted octanol–water partition coefficient (Wildman–Crippen LogP) is 12.4. The van der Waals surface area contributed by atoms with Gasteiger partial charge in [-0.3, -0.25) is 4.57 Å². The van der Waals surface area contributed by atoms with Crippen LogP contribution < -0.4 is 9.64 Å². The first-order valence-corrected chi connectivity index (χ1v) is 18.1. The van der Waals surface area contributed by atoms with Crippen molar-refractivity contribution in [1.82, 2.24) is 14.5 Å². The van der Waals surface area contributed by atoms with Crippen LogP contribution >= 0.6 is 0 Å². The molecule has 0 radical (unpaired) electrons. The maximum atomic E-state index is 6.58. The van der Waals surface area contributed by atoms with Crippen LogP contribution in [0.5, 0.6) is 11.5 Å². The van der Waals surface area contributed by atoms with Gasteiger partial charge in [0.25, 0.3) is 0 Å². The van der Waals surface area contributed by atoms with Crippen LogP contribution in [-0.4, -0.2) is 26.7 Å². The van der Waals surface area contributed by atoms with E-state index in [0.717, 1.165) is 40.7 Å². The molecule has 3 heterocycles. The molecule has 0 N–H and O–H groups in total. The SMILES string of the molecule is CC(C)c1cc(C(C)C)c(-c2ccnc(-n3c4ccccc4c4ccc(Oc5cccc(N6C=CN(C(C)(C)C)C6)c5)cc43)c2)c(C(C)C)c1. The van der Waals surface area contributed by atoms with E-state index in [4.69, 9.17) is 9.72 Å². The van der Waals surface area contributed by atoms with Crippen molar-refractivity contribution >= 4 is 27.5 Å². The van der Waals surface area contributed by atoms with Crippen LogP contribution in [0.2, 0.25) is 0 Å². The third kappa shape index (κ3) is 6.26. The van der Waals surface area contributed by atoms with Crippen LogP contribution in [0.3, 0.4) is 0 Å². The molecule has 0 saturated heterocycles. The van der Waals surface area contributed by atoms with E-state index in [-0.39, 0.29) is 5.54 Å². The van der Waals surface area contributed by atoms with E-state index < -0.39 is 0 Å². The highest BCUT2D eigenvalue weighted by Crippen LogP contribution is 2.41. The standard InChI is InChI=1S/C45H50N4O/c1-29(2)33-23-39(30(3)4)44(40(24-33)31(5)6)32-19-20-46-43(25-32)49-41-16-11-10-15-37(41)38-18-17-36(27-42(38)49)50-35-14-12-13-34(26-35)47-21-22-48(28-47)45(7,8)9/h10-27,29-31H,28H2,1-9H3. The summed E-state index contributed by atoms with van der Waals surface area (Å²) in [5, 5.41) is 2.37. The molecule has 0 aliphatic carbocycles. The summed E-state index contributed by atoms with van der Waals surface area (Å²) in [5.41, 5.74) is 10.1. The summed E-state index contributed by atoms with van der Waals surface area (Å²) >= 11 is 0. The molecule has 0 spiro atoms. The van der Waals surface area contributed by atoms with Gasteiger partial charge in [0.1, 0.15) is 17.3 Å². The number of aromatic nitrogens is 2. The number of benzene rings is 4. The maximum absolute atomic E-state index is 6.58. The molecule has 0 atom stereocenters. The number of hydrogen-bond donors (Lipinski definition) is 0. The Morgan fingerprint density at radius 2 is 1.36 bits per heavy atom. The first kappa shape index (κ1) is 33.5. The zero-order chi connectivity index (χ0) is 35.3. The van der Waals surface area contributed by atoms with E-state index in [9.17, 15) is 0 Å². The lowest BCUT2D eigenvalue weighted by atomic mass is 9.82. The smallest absolute Gasteiger partial charge is 0.138 e. The first-order chi connectivity index (χ1) is 23.9. The Hall–Kier alpha value is -5.03. The predicted molar refractivity (Wildman–Crippen MR) is 211 cm³/mol. The summed E-state index contributed by atoms with van der Waals surface area (Å²) in [7, 11) is 0. The minimum atomic E-state index is 0.0629. The molecule has 2 aromatic heterocycles. The minimum absolute atomic E-state index is 0.0629. The van der Waals surface area contributed by atoms with Crippen LogP contribution in [0.25, 0.3) is 38.8 Å². The molecule has 0 saturated carbocycles. The van der Waals surface area contributed by atoms with Gasteiger partial charge in [-0.05, 0) is 109 Å². The number of hydrogen-bond acceptors (Lipinski definition) is 4. The third-order valence-electron chi connectivity index (χ3n) is 10.0. The number of fused-ring (bicyclic) bond motifs is 3. The number of para-hydroxylation sites is 1. The Bertz CT molecular complexity index is 2190. The average molecular weight is 663 g/mol. The first-order valence-electron chi connectivity index (χ1n) is 18.1. The molecule has 0 amide bonds. The Balaban J connectivity index is 1.31. The molecule has 0 bridgehead atoms. The number of anilines is 1. The van der Waals surface area contributed by atoms with Crippen molar-refractivity contribution in [2.45, 2.75) is 85.6 Å². The number of rotatable bonds is 8. The molecule has 0 fully saturated rings. The molecule has 1 aliphatic rings. The molecule has 5 heteroatoms. The molecule has 50 heavy (non-hydrogen) atoms. The van der Waals surface area contributed by atoms with Crippen molar-refractivity contribution in [3.8, 4) is 28.4 Å². The fourth-order valence-electron chi connectivity index (χ4n) is 7.13. The van der Waals surface area contributed by atoms with E-state index in [2.05, 4.69) is 174 Å². The molecular formula is C45H50N4O. The van der Waals surface area contributed by atoms with Gasteiger partial charge in [-0.25, -0.2) is 4.98 Å². The fraction of sp³-hybridized carbons (Fsp3) is 0.311. The van der Waals surface area contributed by atoms with E-state index in [0.29, 0.717) is 17.8 Å². The van der Waals surface area contributed by atoms with Crippen molar-refractivity contribution in [2.24, 2.45) is 0 Å². The van der Waals surface area contributed by atoms with Gasteiger partial charge in [0.05, 0.1) is 17.7 Å². The van der Waals surface area contributed by atoms with Crippen LogP contribution in [-0.2, 0) is 0 Å². The van der Waals surface area contributed by atoms with Crippen molar-refractivity contribution in [2.75, 3.05) is 11.6 Å². The summed E-state index contributed by atoms with van der Waals surface area (Å²) in [5.74, 6) is 3.75. The highest BCUT2D eigenvalue weighted by Gasteiger charge is 2.25. The molecule has 6 aromatic rings. The molecule has 256 valence electrons. The summed E-state index contributed by atoms with van der Waals surface area (Å²) in [4.78, 5) is 9.59. The maximum Gasteiger partial charge on any atom is 0.138 e. The normalized spacial score (nSPS) is 13.6. The van der Waals surface area contributed by atoms with E-state index in [1.807, 2.05) is 12.3 Å². The Kier molecular flexibility index (Phi) is 8.71. The van der Waals surface area contributed by atoms with Crippen LogP contribution in [0.1, 0.15) is 96.8 Å². The average Bonchev–Trinajstić information content (AvgIpc) is 3.72.